The Labute approximate surface area is 123 Å². The van der Waals surface area contributed by atoms with Gasteiger partial charge in [0, 0.05) is 11.6 Å². The van der Waals surface area contributed by atoms with Crippen LogP contribution in [0.3, 0.4) is 0 Å². The lowest BCUT2D eigenvalue weighted by atomic mass is 10.0. The molecule has 2 aromatic carbocycles. The molecule has 0 bridgehead atoms. The van der Waals surface area contributed by atoms with Gasteiger partial charge in [-0.1, -0.05) is 42.5 Å². The zero-order valence-corrected chi connectivity index (χ0v) is 11.9. The topological polar surface area (TPSA) is 42.4 Å². The Balaban J connectivity index is 1.79. The van der Waals surface area contributed by atoms with Crippen LogP contribution in [0.1, 0.15) is 17.2 Å². The molecular weight excluding hydrogens is 262 g/mol. The van der Waals surface area contributed by atoms with Crippen molar-refractivity contribution in [2.45, 2.75) is 13.0 Å². The van der Waals surface area contributed by atoms with Crippen molar-refractivity contribution >= 4 is 10.9 Å². The van der Waals surface area contributed by atoms with E-state index >= 15 is 0 Å². The Kier molecular flexibility index (Phi) is 3.84. The third kappa shape index (κ3) is 2.88. The number of fused-ring (bicyclic) bond motifs is 1. The lowest BCUT2D eigenvalue weighted by Gasteiger charge is -2.15. The molecule has 0 fully saturated rings. The minimum absolute atomic E-state index is 0.209. The van der Waals surface area contributed by atoms with Crippen molar-refractivity contribution in [3.05, 3.63) is 71.9 Å². The van der Waals surface area contributed by atoms with E-state index in [0.29, 0.717) is 5.75 Å². The summed E-state index contributed by atoms with van der Waals surface area (Å²) in [7, 11) is 0. The SMILES string of the molecule is Cc1ccccc1C(O)COc1cccc2cccnc12. The maximum atomic E-state index is 10.3. The molecule has 1 heterocycles. The van der Waals surface area contributed by atoms with Gasteiger partial charge in [-0.3, -0.25) is 4.98 Å². The second-order valence-corrected chi connectivity index (χ2v) is 5.01. The van der Waals surface area contributed by atoms with Gasteiger partial charge in [0.05, 0.1) is 0 Å². The summed E-state index contributed by atoms with van der Waals surface area (Å²) < 4.78 is 5.78. The Bertz CT molecular complexity index is 750. The number of aryl methyl sites for hydroxylation is 1. The summed E-state index contributed by atoms with van der Waals surface area (Å²) in [6.45, 7) is 2.19. The van der Waals surface area contributed by atoms with Gasteiger partial charge in [0.1, 0.15) is 24.0 Å². The van der Waals surface area contributed by atoms with E-state index in [0.717, 1.165) is 22.0 Å². The molecule has 0 aliphatic rings. The number of pyridine rings is 1. The third-order valence-electron chi connectivity index (χ3n) is 3.54. The number of aromatic nitrogens is 1. The maximum Gasteiger partial charge on any atom is 0.145 e. The van der Waals surface area contributed by atoms with E-state index in [9.17, 15) is 5.11 Å². The van der Waals surface area contributed by atoms with Crippen LogP contribution in [-0.2, 0) is 0 Å². The van der Waals surface area contributed by atoms with Gasteiger partial charge < -0.3 is 9.84 Å². The number of hydrogen-bond acceptors (Lipinski definition) is 3. The molecule has 21 heavy (non-hydrogen) atoms. The molecule has 3 aromatic rings. The summed E-state index contributed by atoms with van der Waals surface area (Å²) in [5.41, 5.74) is 2.77. The van der Waals surface area contributed by atoms with Gasteiger partial charge in [0.2, 0.25) is 0 Å². The zero-order valence-electron chi connectivity index (χ0n) is 11.9. The molecule has 0 aliphatic heterocycles. The average Bonchev–Trinajstić information content (AvgIpc) is 2.53. The van der Waals surface area contributed by atoms with Crippen LogP contribution >= 0.6 is 0 Å². The van der Waals surface area contributed by atoms with Gasteiger partial charge in [0.25, 0.3) is 0 Å². The molecule has 0 radical (unpaired) electrons. The van der Waals surface area contributed by atoms with E-state index in [2.05, 4.69) is 4.98 Å². The predicted octanol–water partition coefficient (Wildman–Crippen LogP) is 3.66. The molecule has 0 aliphatic carbocycles. The summed E-state index contributed by atoms with van der Waals surface area (Å²) in [6.07, 6.45) is 1.10. The summed E-state index contributed by atoms with van der Waals surface area (Å²) in [5.74, 6) is 0.695. The molecule has 0 spiro atoms. The standard InChI is InChI=1S/C18H17NO2/c1-13-6-2-3-9-15(13)16(20)12-21-17-10-4-7-14-8-5-11-19-18(14)17/h2-11,16,20H,12H2,1H3. The van der Waals surface area contributed by atoms with Gasteiger partial charge in [-0.25, -0.2) is 0 Å². The van der Waals surface area contributed by atoms with Gasteiger partial charge in [0.15, 0.2) is 0 Å². The molecule has 3 nitrogen and oxygen atoms in total. The second-order valence-electron chi connectivity index (χ2n) is 5.01. The molecule has 1 atom stereocenters. The lowest BCUT2D eigenvalue weighted by Crippen LogP contribution is -2.11. The van der Waals surface area contributed by atoms with Gasteiger partial charge in [-0.15, -0.1) is 0 Å². The number of aliphatic hydroxyl groups excluding tert-OH is 1. The number of para-hydroxylation sites is 1. The number of hydrogen-bond donors (Lipinski definition) is 1. The average molecular weight is 279 g/mol. The Hall–Kier alpha value is -2.39. The summed E-state index contributed by atoms with van der Waals surface area (Å²) in [5, 5.41) is 11.3. The van der Waals surface area contributed by atoms with Crippen molar-refractivity contribution in [1.29, 1.82) is 0 Å². The highest BCUT2D eigenvalue weighted by Crippen LogP contribution is 2.25. The number of rotatable bonds is 4. The van der Waals surface area contributed by atoms with Crippen molar-refractivity contribution in [1.82, 2.24) is 4.98 Å². The minimum atomic E-state index is -0.648. The zero-order chi connectivity index (χ0) is 14.7. The van der Waals surface area contributed by atoms with Crippen LogP contribution in [0.25, 0.3) is 10.9 Å². The molecule has 3 heteroatoms. The highest BCUT2D eigenvalue weighted by Gasteiger charge is 2.12. The molecule has 0 saturated heterocycles. The van der Waals surface area contributed by atoms with Crippen molar-refractivity contribution < 1.29 is 9.84 Å². The predicted molar refractivity (Wildman–Crippen MR) is 83.4 cm³/mol. The van der Waals surface area contributed by atoms with Crippen LogP contribution in [0, 0.1) is 6.92 Å². The Morgan fingerprint density at radius 2 is 1.86 bits per heavy atom. The number of benzene rings is 2. The first-order valence-corrected chi connectivity index (χ1v) is 6.96. The minimum Gasteiger partial charge on any atom is -0.488 e. The van der Waals surface area contributed by atoms with Crippen molar-refractivity contribution in [2.24, 2.45) is 0 Å². The quantitative estimate of drug-likeness (QED) is 0.792. The fraction of sp³-hybridized carbons (Fsp3) is 0.167. The normalized spacial score (nSPS) is 12.3. The first-order chi connectivity index (χ1) is 10.3. The highest BCUT2D eigenvalue weighted by atomic mass is 16.5. The van der Waals surface area contributed by atoms with Crippen molar-refractivity contribution in [2.75, 3.05) is 6.61 Å². The summed E-state index contributed by atoms with van der Waals surface area (Å²) >= 11 is 0. The second kappa shape index (κ2) is 5.94. The van der Waals surface area contributed by atoms with E-state index in [-0.39, 0.29) is 6.61 Å². The molecule has 106 valence electrons. The summed E-state index contributed by atoms with van der Waals surface area (Å²) in [4.78, 5) is 4.34. The van der Waals surface area contributed by atoms with E-state index in [1.165, 1.54) is 0 Å². The maximum absolute atomic E-state index is 10.3. The molecule has 0 saturated carbocycles. The first-order valence-electron chi connectivity index (χ1n) is 6.96. The van der Waals surface area contributed by atoms with E-state index in [4.69, 9.17) is 4.74 Å². The van der Waals surface area contributed by atoms with Crippen LogP contribution < -0.4 is 4.74 Å². The van der Waals surface area contributed by atoms with Crippen LogP contribution in [0.15, 0.2) is 60.8 Å². The monoisotopic (exact) mass is 279 g/mol. The molecular formula is C18H17NO2. The van der Waals surface area contributed by atoms with Gasteiger partial charge in [-0.2, -0.15) is 0 Å². The van der Waals surface area contributed by atoms with Crippen LogP contribution in [0.4, 0.5) is 0 Å². The number of aliphatic hydroxyl groups is 1. The van der Waals surface area contributed by atoms with E-state index in [1.54, 1.807) is 6.20 Å². The van der Waals surface area contributed by atoms with Crippen molar-refractivity contribution in [3.8, 4) is 5.75 Å². The smallest absolute Gasteiger partial charge is 0.145 e. The fourth-order valence-corrected chi connectivity index (χ4v) is 2.41. The van der Waals surface area contributed by atoms with Crippen molar-refractivity contribution in [3.63, 3.8) is 0 Å². The molecule has 1 unspecified atom stereocenters. The number of ether oxygens (including phenoxy) is 1. The van der Waals surface area contributed by atoms with Gasteiger partial charge >= 0.3 is 0 Å². The fourth-order valence-electron chi connectivity index (χ4n) is 2.41. The Morgan fingerprint density at radius 1 is 1.05 bits per heavy atom. The van der Waals surface area contributed by atoms with Gasteiger partial charge in [-0.05, 0) is 30.2 Å². The lowest BCUT2D eigenvalue weighted by molar-refractivity contribution is 0.108. The van der Waals surface area contributed by atoms with Crippen LogP contribution in [-0.4, -0.2) is 16.7 Å². The van der Waals surface area contributed by atoms with Crippen LogP contribution in [0.5, 0.6) is 5.75 Å². The van der Waals surface area contributed by atoms with E-state index in [1.807, 2.05) is 61.5 Å². The van der Waals surface area contributed by atoms with E-state index < -0.39 is 6.10 Å². The highest BCUT2D eigenvalue weighted by molar-refractivity contribution is 5.84. The largest absolute Gasteiger partial charge is 0.488 e. The Morgan fingerprint density at radius 3 is 2.71 bits per heavy atom. The molecule has 1 aromatic heterocycles. The summed E-state index contributed by atoms with van der Waals surface area (Å²) in [6, 6.07) is 17.5. The molecule has 3 rings (SSSR count). The number of nitrogens with zero attached hydrogens (tertiary/aromatic N) is 1. The third-order valence-corrected chi connectivity index (χ3v) is 3.54. The molecule has 1 N–H and O–H groups in total. The van der Waals surface area contributed by atoms with Crippen LogP contribution in [0.2, 0.25) is 0 Å². The molecule has 0 amide bonds. The first kappa shape index (κ1) is 13.6.